The summed E-state index contributed by atoms with van der Waals surface area (Å²) in [5.74, 6) is -0.137. The summed E-state index contributed by atoms with van der Waals surface area (Å²) in [6, 6.07) is 0. The summed E-state index contributed by atoms with van der Waals surface area (Å²) >= 11 is 1.07. The highest BCUT2D eigenvalue weighted by Gasteiger charge is 2.32. The Kier molecular flexibility index (Phi) is 4.89. The highest BCUT2D eigenvalue weighted by atomic mass is 32.2. The number of aromatic amines is 1. The highest BCUT2D eigenvalue weighted by Crippen LogP contribution is 2.23. The average molecular weight is 384 g/mol. The van der Waals surface area contributed by atoms with Crippen LogP contribution in [0.15, 0.2) is 4.90 Å². The average Bonchev–Trinajstić information content (AvgIpc) is 3.02. The molecule has 1 aliphatic heterocycles. The smallest absolute Gasteiger partial charge is 0.267 e. The Morgan fingerprint density at radius 1 is 1.12 bits per heavy atom. The maximum atomic E-state index is 12.9. The van der Waals surface area contributed by atoms with E-state index in [0.29, 0.717) is 48.0 Å². The highest BCUT2D eigenvalue weighted by molar-refractivity contribution is 7.89. The van der Waals surface area contributed by atoms with Crippen molar-refractivity contribution < 1.29 is 13.2 Å². The van der Waals surface area contributed by atoms with Crippen molar-refractivity contribution in [2.45, 2.75) is 32.1 Å². The van der Waals surface area contributed by atoms with Crippen LogP contribution in [0.5, 0.6) is 0 Å². The molecule has 0 aliphatic carbocycles. The van der Waals surface area contributed by atoms with Crippen molar-refractivity contribution in [2.75, 3.05) is 26.2 Å². The molecule has 0 atom stereocenters. The van der Waals surface area contributed by atoms with Crippen molar-refractivity contribution in [3.05, 3.63) is 22.0 Å². The van der Waals surface area contributed by atoms with Gasteiger partial charge in [0, 0.05) is 26.2 Å². The van der Waals surface area contributed by atoms with Crippen LogP contribution < -0.4 is 0 Å². The number of hydrogen-bond donors (Lipinski definition) is 1. The monoisotopic (exact) mass is 384 g/mol. The first-order valence-electron chi connectivity index (χ1n) is 7.92. The van der Waals surface area contributed by atoms with Gasteiger partial charge in [-0.3, -0.25) is 9.89 Å². The maximum absolute atomic E-state index is 12.9. The molecule has 0 unspecified atom stereocenters. The van der Waals surface area contributed by atoms with Crippen LogP contribution in [0, 0.1) is 20.8 Å². The van der Waals surface area contributed by atoms with Crippen LogP contribution in [0.2, 0.25) is 0 Å². The number of H-pyrrole nitrogens is 1. The Hall–Kier alpha value is -1.85. The summed E-state index contributed by atoms with van der Waals surface area (Å²) in [4.78, 5) is 15.0. The number of carbonyl (C=O) groups is 1. The van der Waals surface area contributed by atoms with Crippen LogP contribution in [0.1, 0.15) is 33.2 Å². The van der Waals surface area contributed by atoms with E-state index in [1.54, 1.807) is 25.7 Å². The van der Waals surface area contributed by atoms with Gasteiger partial charge in [0.1, 0.15) is 9.77 Å². The first-order chi connectivity index (χ1) is 11.8. The van der Waals surface area contributed by atoms with Crippen molar-refractivity contribution in [3.8, 4) is 0 Å². The number of amides is 1. The van der Waals surface area contributed by atoms with Crippen LogP contribution in [-0.2, 0) is 10.0 Å². The molecule has 9 nitrogen and oxygen atoms in total. The molecule has 1 fully saturated rings. The Labute approximate surface area is 150 Å². The lowest BCUT2D eigenvalue weighted by Crippen LogP contribution is -2.37. The van der Waals surface area contributed by atoms with E-state index in [0.717, 1.165) is 11.5 Å². The summed E-state index contributed by atoms with van der Waals surface area (Å²) in [6.45, 7) is 6.58. The molecular weight excluding hydrogens is 364 g/mol. The van der Waals surface area contributed by atoms with Gasteiger partial charge in [-0.2, -0.15) is 9.40 Å². The topological polar surface area (TPSA) is 112 Å². The molecule has 1 N–H and O–H groups in total. The molecule has 0 radical (unpaired) electrons. The van der Waals surface area contributed by atoms with Gasteiger partial charge in [0.25, 0.3) is 5.91 Å². The minimum absolute atomic E-state index is 0.137. The van der Waals surface area contributed by atoms with Crippen molar-refractivity contribution in [1.29, 1.82) is 0 Å². The normalized spacial score (nSPS) is 16.8. The van der Waals surface area contributed by atoms with E-state index in [2.05, 4.69) is 19.8 Å². The first-order valence-corrected chi connectivity index (χ1v) is 10.1. The second-order valence-electron chi connectivity index (χ2n) is 6.00. The van der Waals surface area contributed by atoms with Gasteiger partial charge in [0.2, 0.25) is 10.0 Å². The van der Waals surface area contributed by atoms with E-state index in [1.165, 1.54) is 4.31 Å². The number of nitrogens with zero attached hydrogens (tertiary/aromatic N) is 5. The summed E-state index contributed by atoms with van der Waals surface area (Å²) in [5, 5.41) is 10.6. The fourth-order valence-corrected chi connectivity index (χ4v) is 5.38. The van der Waals surface area contributed by atoms with Crippen LogP contribution in [0.4, 0.5) is 0 Å². The third kappa shape index (κ3) is 3.31. The molecular formula is C14H20N6O3S2. The zero-order chi connectivity index (χ0) is 18.2. The number of carbonyl (C=O) groups excluding carboxylic acids is 1. The zero-order valence-electron chi connectivity index (χ0n) is 14.3. The standard InChI is InChI=1S/C14H20N6O3S2/c1-9-12(24-18-17-9)14(21)19-5-4-6-20(8-7-19)25(22,23)13-10(2)15-16-11(13)3/h4-8H2,1-3H3,(H,15,16). The minimum atomic E-state index is -3.63. The third-order valence-corrected chi connectivity index (χ3v) is 7.22. The summed E-state index contributed by atoms with van der Waals surface area (Å²) < 4.78 is 31.1. The van der Waals surface area contributed by atoms with Crippen LogP contribution >= 0.6 is 11.5 Å². The van der Waals surface area contributed by atoms with E-state index >= 15 is 0 Å². The largest absolute Gasteiger partial charge is 0.336 e. The van der Waals surface area contributed by atoms with E-state index in [-0.39, 0.29) is 17.3 Å². The van der Waals surface area contributed by atoms with Gasteiger partial charge >= 0.3 is 0 Å². The molecule has 3 heterocycles. The van der Waals surface area contributed by atoms with Crippen LogP contribution in [-0.4, -0.2) is 69.5 Å². The van der Waals surface area contributed by atoms with E-state index in [4.69, 9.17) is 0 Å². The molecule has 2 aromatic heterocycles. The van der Waals surface area contributed by atoms with Gasteiger partial charge in [-0.25, -0.2) is 8.42 Å². The van der Waals surface area contributed by atoms with E-state index < -0.39 is 10.0 Å². The van der Waals surface area contributed by atoms with Gasteiger partial charge in [0.05, 0.1) is 17.1 Å². The SMILES string of the molecule is Cc1nnsc1C(=O)N1CCCN(S(=O)(=O)c2c(C)n[nH]c2C)CC1. The molecule has 3 rings (SSSR count). The molecule has 0 spiro atoms. The molecule has 1 amide bonds. The zero-order valence-corrected chi connectivity index (χ0v) is 15.9. The summed E-state index contributed by atoms with van der Waals surface area (Å²) in [5.41, 5.74) is 1.59. The molecule has 25 heavy (non-hydrogen) atoms. The number of nitrogens with one attached hydrogen (secondary N) is 1. The predicted octanol–water partition coefficient (Wildman–Crippen LogP) is 0.723. The van der Waals surface area contributed by atoms with Gasteiger partial charge in [-0.05, 0) is 38.7 Å². The van der Waals surface area contributed by atoms with Crippen molar-refractivity contribution in [1.82, 2.24) is 29.0 Å². The second kappa shape index (κ2) is 6.81. The summed E-state index contributed by atoms with van der Waals surface area (Å²) in [7, 11) is -3.63. The first kappa shape index (κ1) is 18.0. The Morgan fingerprint density at radius 3 is 2.48 bits per heavy atom. The molecule has 0 bridgehead atoms. The quantitative estimate of drug-likeness (QED) is 0.835. The maximum Gasteiger partial charge on any atom is 0.267 e. The molecule has 2 aromatic rings. The molecule has 136 valence electrons. The lowest BCUT2D eigenvalue weighted by molar-refractivity contribution is 0.0768. The minimum Gasteiger partial charge on any atom is -0.336 e. The number of aromatic nitrogens is 4. The lowest BCUT2D eigenvalue weighted by Gasteiger charge is -2.21. The summed E-state index contributed by atoms with van der Waals surface area (Å²) in [6.07, 6.45) is 0.576. The molecule has 0 aromatic carbocycles. The van der Waals surface area contributed by atoms with Gasteiger partial charge in [-0.15, -0.1) is 5.10 Å². The van der Waals surface area contributed by atoms with Crippen LogP contribution in [0.25, 0.3) is 0 Å². The second-order valence-corrected chi connectivity index (χ2v) is 8.63. The molecule has 11 heteroatoms. The van der Waals surface area contributed by atoms with Crippen molar-refractivity contribution in [3.63, 3.8) is 0 Å². The molecule has 1 saturated heterocycles. The number of sulfonamides is 1. The van der Waals surface area contributed by atoms with Gasteiger partial charge in [0.15, 0.2) is 0 Å². The van der Waals surface area contributed by atoms with Crippen molar-refractivity contribution in [2.24, 2.45) is 0 Å². The molecule has 0 saturated carbocycles. The van der Waals surface area contributed by atoms with E-state index in [1.807, 2.05) is 0 Å². The Bertz CT molecular complexity index is 869. The fraction of sp³-hybridized carbons (Fsp3) is 0.571. The third-order valence-electron chi connectivity index (χ3n) is 4.25. The van der Waals surface area contributed by atoms with E-state index in [9.17, 15) is 13.2 Å². The molecule has 1 aliphatic rings. The fourth-order valence-electron chi connectivity index (χ4n) is 2.96. The van der Waals surface area contributed by atoms with Crippen molar-refractivity contribution >= 4 is 27.5 Å². The predicted molar refractivity (Wildman–Crippen MR) is 92.0 cm³/mol. The Morgan fingerprint density at radius 2 is 1.88 bits per heavy atom. The van der Waals surface area contributed by atoms with Gasteiger partial charge in [-0.1, -0.05) is 4.49 Å². The lowest BCUT2D eigenvalue weighted by atomic mass is 10.3. The Balaban J connectivity index is 1.78. The number of aryl methyl sites for hydroxylation is 3. The van der Waals surface area contributed by atoms with Gasteiger partial charge < -0.3 is 4.90 Å². The number of hydrogen-bond acceptors (Lipinski definition) is 7. The van der Waals surface area contributed by atoms with Crippen LogP contribution in [0.3, 0.4) is 0 Å². The number of rotatable bonds is 3.